The van der Waals surface area contributed by atoms with E-state index < -0.39 is 0 Å². The number of nitrogens with one attached hydrogen (secondary N) is 1. The molecule has 1 saturated heterocycles. The van der Waals surface area contributed by atoms with Crippen LogP contribution >= 0.6 is 11.6 Å². The van der Waals surface area contributed by atoms with Gasteiger partial charge < -0.3 is 10.1 Å². The summed E-state index contributed by atoms with van der Waals surface area (Å²) in [6, 6.07) is 14.0. The normalized spacial score (nSPS) is 17.5. The summed E-state index contributed by atoms with van der Waals surface area (Å²) in [5.41, 5.74) is 4.08. The second kappa shape index (κ2) is 6.46. The number of imidazole rings is 1. The Bertz CT molecular complexity index is 851. The van der Waals surface area contributed by atoms with E-state index in [1.165, 1.54) is 0 Å². The molecule has 3 heterocycles. The number of pyridine rings is 1. The van der Waals surface area contributed by atoms with Gasteiger partial charge in [0, 0.05) is 29.4 Å². The van der Waals surface area contributed by atoms with E-state index in [0.717, 1.165) is 59.4 Å². The molecule has 0 spiro atoms. The third-order valence-electron chi connectivity index (χ3n) is 4.48. The summed E-state index contributed by atoms with van der Waals surface area (Å²) in [6.07, 6.45) is 2.53. The van der Waals surface area contributed by atoms with E-state index in [9.17, 15) is 0 Å². The van der Waals surface area contributed by atoms with Crippen LogP contribution in [0.3, 0.4) is 0 Å². The summed E-state index contributed by atoms with van der Waals surface area (Å²) < 4.78 is 7.91. The Hall–Kier alpha value is -2.04. The third kappa shape index (κ3) is 2.87. The molecule has 1 unspecified atom stereocenters. The van der Waals surface area contributed by atoms with E-state index in [1.807, 2.05) is 36.4 Å². The monoisotopic (exact) mass is 341 g/mol. The van der Waals surface area contributed by atoms with Crippen molar-refractivity contribution < 1.29 is 4.74 Å². The highest BCUT2D eigenvalue weighted by molar-refractivity contribution is 6.30. The van der Waals surface area contributed by atoms with Crippen LogP contribution in [0.4, 0.5) is 5.82 Å². The van der Waals surface area contributed by atoms with E-state index in [4.69, 9.17) is 21.3 Å². The molecule has 124 valence electrons. The highest BCUT2D eigenvalue weighted by Crippen LogP contribution is 2.31. The van der Waals surface area contributed by atoms with Crippen molar-refractivity contribution in [3.05, 3.63) is 53.2 Å². The third-order valence-corrected chi connectivity index (χ3v) is 4.73. The minimum absolute atomic E-state index is 0.276. The standard InChI is InChI=1S/C19H20ClN3O/c1-13-4-2-6-17-22-18(14-7-9-15(20)10-8-14)19(23(13)17)21-12-16-5-3-11-24-16/h2,4,6-10,16,21H,3,5,11-12H2,1H3. The Labute approximate surface area is 146 Å². The van der Waals surface area contributed by atoms with Gasteiger partial charge in [-0.2, -0.15) is 0 Å². The second-order valence-electron chi connectivity index (χ2n) is 6.19. The summed E-state index contributed by atoms with van der Waals surface area (Å²) in [7, 11) is 0. The van der Waals surface area contributed by atoms with Crippen LogP contribution < -0.4 is 5.32 Å². The Morgan fingerprint density at radius 3 is 2.83 bits per heavy atom. The number of rotatable bonds is 4. The predicted octanol–water partition coefficient (Wildman–Crippen LogP) is 4.55. The summed E-state index contributed by atoms with van der Waals surface area (Å²) in [6.45, 7) is 3.75. The van der Waals surface area contributed by atoms with Crippen molar-refractivity contribution in [1.29, 1.82) is 0 Å². The predicted molar refractivity (Wildman–Crippen MR) is 97.8 cm³/mol. The van der Waals surface area contributed by atoms with E-state index in [0.29, 0.717) is 0 Å². The zero-order chi connectivity index (χ0) is 16.5. The minimum atomic E-state index is 0.276. The molecule has 0 bridgehead atoms. The number of hydrogen-bond donors (Lipinski definition) is 1. The maximum atomic E-state index is 6.03. The summed E-state index contributed by atoms with van der Waals surface area (Å²) in [5, 5.41) is 4.30. The molecule has 0 radical (unpaired) electrons. The van der Waals surface area contributed by atoms with Gasteiger partial charge in [-0.1, -0.05) is 29.8 Å². The van der Waals surface area contributed by atoms with E-state index in [2.05, 4.69) is 22.7 Å². The van der Waals surface area contributed by atoms with Crippen molar-refractivity contribution in [2.45, 2.75) is 25.9 Å². The van der Waals surface area contributed by atoms with E-state index in [-0.39, 0.29) is 6.10 Å². The van der Waals surface area contributed by atoms with Gasteiger partial charge in [-0.25, -0.2) is 4.98 Å². The first kappa shape index (κ1) is 15.5. The first-order chi connectivity index (χ1) is 11.7. The molecule has 0 aliphatic carbocycles. The van der Waals surface area contributed by atoms with Crippen LogP contribution in [0.2, 0.25) is 5.02 Å². The van der Waals surface area contributed by atoms with Gasteiger partial charge in [0.1, 0.15) is 17.2 Å². The number of benzene rings is 1. The largest absolute Gasteiger partial charge is 0.376 e. The molecule has 1 aromatic carbocycles. The number of hydrogen-bond acceptors (Lipinski definition) is 3. The first-order valence-electron chi connectivity index (χ1n) is 8.32. The van der Waals surface area contributed by atoms with Gasteiger partial charge in [-0.05, 0) is 44.0 Å². The highest BCUT2D eigenvalue weighted by atomic mass is 35.5. The van der Waals surface area contributed by atoms with Crippen LogP contribution in [0.5, 0.6) is 0 Å². The number of anilines is 1. The zero-order valence-corrected chi connectivity index (χ0v) is 14.4. The number of fused-ring (bicyclic) bond motifs is 1. The molecule has 4 nitrogen and oxygen atoms in total. The zero-order valence-electron chi connectivity index (χ0n) is 13.6. The van der Waals surface area contributed by atoms with Crippen molar-refractivity contribution in [3.63, 3.8) is 0 Å². The Morgan fingerprint density at radius 2 is 2.08 bits per heavy atom. The number of aryl methyl sites for hydroxylation is 1. The fourth-order valence-corrected chi connectivity index (χ4v) is 3.37. The number of aromatic nitrogens is 2. The Balaban J connectivity index is 1.77. The molecule has 4 rings (SSSR count). The van der Waals surface area contributed by atoms with E-state index in [1.54, 1.807) is 0 Å². The van der Waals surface area contributed by atoms with Crippen molar-refractivity contribution in [2.24, 2.45) is 0 Å². The van der Waals surface area contributed by atoms with Crippen LogP contribution in [0, 0.1) is 6.92 Å². The topological polar surface area (TPSA) is 38.6 Å². The molecule has 2 aromatic heterocycles. The number of halogens is 1. The average Bonchev–Trinajstić information content (AvgIpc) is 3.21. The van der Waals surface area contributed by atoms with E-state index >= 15 is 0 Å². The van der Waals surface area contributed by atoms with Gasteiger partial charge in [0.2, 0.25) is 0 Å². The van der Waals surface area contributed by atoms with Crippen molar-refractivity contribution in [3.8, 4) is 11.3 Å². The maximum Gasteiger partial charge on any atom is 0.139 e. The molecular formula is C19H20ClN3O. The smallest absolute Gasteiger partial charge is 0.139 e. The quantitative estimate of drug-likeness (QED) is 0.756. The van der Waals surface area contributed by atoms with Crippen molar-refractivity contribution in [2.75, 3.05) is 18.5 Å². The Morgan fingerprint density at radius 1 is 1.25 bits per heavy atom. The van der Waals surface area contributed by atoms with Gasteiger partial charge in [0.15, 0.2) is 0 Å². The van der Waals surface area contributed by atoms with Gasteiger partial charge in [0.05, 0.1) is 6.10 Å². The lowest BCUT2D eigenvalue weighted by atomic mass is 10.1. The molecule has 1 N–H and O–H groups in total. The van der Waals surface area contributed by atoms with Gasteiger partial charge in [0.25, 0.3) is 0 Å². The summed E-state index contributed by atoms with van der Waals surface area (Å²) >= 11 is 6.03. The number of ether oxygens (including phenoxy) is 1. The van der Waals surface area contributed by atoms with Crippen molar-refractivity contribution >= 4 is 23.1 Å². The Kier molecular flexibility index (Phi) is 4.17. The minimum Gasteiger partial charge on any atom is -0.376 e. The molecule has 0 saturated carbocycles. The summed E-state index contributed by atoms with van der Waals surface area (Å²) in [5.74, 6) is 1.01. The van der Waals surface area contributed by atoms with Crippen LogP contribution in [-0.2, 0) is 4.74 Å². The van der Waals surface area contributed by atoms with Gasteiger partial charge >= 0.3 is 0 Å². The molecule has 0 amide bonds. The van der Waals surface area contributed by atoms with Gasteiger partial charge in [-0.15, -0.1) is 0 Å². The molecule has 1 aliphatic heterocycles. The fourth-order valence-electron chi connectivity index (χ4n) is 3.24. The van der Waals surface area contributed by atoms with Gasteiger partial charge in [-0.3, -0.25) is 4.40 Å². The lowest BCUT2D eigenvalue weighted by molar-refractivity contribution is 0.120. The average molecular weight is 342 g/mol. The first-order valence-corrected chi connectivity index (χ1v) is 8.69. The second-order valence-corrected chi connectivity index (χ2v) is 6.63. The molecular weight excluding hydrogens is 322 g/mol. The van der Waals surface area contributed by atoms with Crippen LogP contribution in [0.25, 0.3) is 16.9 Å². The summed E-state index contributed by atoms with van der Waals surface area (Å²) in [4.78, 5) is 4.84. The molecule has 24 heavy (non-hydrogen) atoms. The molecule has 5 heteroatoms. The molecule has 1 fully saturated rings. The highest BCUT2D eigenvalue weighted by Gasteiger charge is 2.19. The molecule has 1 aliphatic rings. The lowest BCUT2D eigenvalue weighted by Gasteiger charge is -2.14. The molecule has 3 aromatic rings. The molecule has 1 atom stereocenters. The maximum absolute atomic E-state index is 6.03. The number of nitrogens with zero attached hydrogens (tertiary/aromatic N) is 2. The SMILES string of the molecule is Cc1cccc2nc(-c3ccc(Cl)cc3)c(NCC3CCCO3)n12. The lowest BCUT2D eigenvalue weighted by Crippen LogP contribution is -2.19. The van der Waals surface area contributed by atoms with Crippen LogP contribution in [0.15, 0.2) is 42.5 Å². The van der Waals surface area contributed by atoms with Crippen LogP contribution in [-0.4, -0.2) is 28.6 Å². The van der Waals surface area contributed by atoms with Crippen molar-refractivity contribution in [1.82, 2.24) is 9.38 Å². The van der Waals surface area contributed by atoms with Crippen LogP contribution in [0.1, 0.15) is 18.5 Å². The fraction of sp³-hybridized carbons (Fsp3) is 0.316.